The van der Waals surface area contributed by atoms with E-state index >= 15 is 0 Å². The molecular weight excluding hydrogens is 434 g/mol. The Balaban J connectivity index is 1.57. The lowest BCUT2D eigenvalue weighted by Crippen LogP contribution is -2.26. The second-order valence-corrected chi connectivity index (χ2v) is 9.27. The van der Waals surface area contributed by atoms with Crippen molar-refractivity contribution in [2.24, 2.45) is 10.1 Å². The fourth-order valence-corrected chi connectivity index (χ4v) is 5.11. The lowest BCUT2D eigenvalue weighted by molar-refractivity contribution is 0.267. The van der Waals surface area contributed by atoms with Crippen molar-refractivity contribution in [1.29, 1.82) is 0 Å². The summed E-state index contributed by atoms with van der Waals surface area (Å²) in [4.78, 5) is 18.5. The van der Waals surface area contributed by atoms with Gasteiger partial charge in [-0.15, -0.1) is 11.3 Å². The van der Waals surface area contributed by atoms with Gasteiger partial charge in [0.1, 0.15) is 0 Å². The molecule has 0 saturated carbocycles. The van der Waals surface area contributed by atoms with Crippen LogP contribution in [0.25, 0.3) is 6.08 Å². The standard InChI is InChI=1S/C23H16ClN3OS2/c24-17-10-8-16(9-11-17)20-14-19(15-5-2-1-3-6-15)26-27(20)22-21(30-23(28)25-22)13-18-7-4-12-29-18/h1-13,20H,14H2/b21-13-. The third-order valence-corrected chi connectivity index (χ3v) is 6.78. The van der Waals surface area contributed by atoms with Crippen LogP contribution >= 0.6 is 34.7 Å². The van der Waals surface area contributed by atoms with Crippen molar-refractivity contribution in [2.45, 2.75) is 12.5 Å². The quantitative estimate of drug-likeness (QED) is 0.438. The van der Waals surface area contributed by atoms with Crippen molar-refractivity contribution < 1.29 is 4.79 Å². The number of benzene rings is 2. The number of halogens is 1. The van der Waals surface area contributed by atoms with Crippen LogP contribution in [0.15, 0.2) is 87.1 Å². The number of carbonyl (C=O) groups is 1. The first-order valence-electron chi connectivity index (χ1n) is 9.41. The van der Waals surface area contributed by atoms with Crippen molar-refractivity contribution >= 4 is 57.6 Å². The van der Waals surface area contributed by atoms with E-state index < -0.39 is 0 Å². The molecule has 2 aliphatic heterocycles. The molecule has 0 aliphatic carbocycles. The first-order chi connectivity index (χ1) is 14.7. The van der Waals surface area contributed by atoms with E-state index in [0.29, 0.717) is 10.9 Å². The molecule has 1 atom stereocenters. The zero-order chi connectivity index (χ0) is 20.5. The van der Waals surface area contributed by atoms with Crippen molar-refractivity contribution in [2.75, 3.05) is 0 Å². The minimum Gasteiger partial charge on any atom is -0.259 e. The molecule has 3 heterocycles. The van der Waals surface area contributed by atoms with Gasteiger partial charge < -0.3 is 0 Å². The molecule has 0 saturated heterocycles. The molecule has 0 bridgehead atoms. The molecule has 0 fully saturated rings. The van der Waals surface area contributed by atoms with Gasteiger partial charge in [-0.3, -0.25) is 4.79 Å². The van der Waals surface area contributed by atoms with E-state index in [1.165, 1.54) is 0 Å². The highest BCUT2D eigenvalue weighted by atomic mass is 35.5. The van der Waals surface area contributed by atoms with Gasteiger partial charge in [-0.2, -0.15) is 10.1 Å². The lowest BCUT2D eigenvalue weighted by Gasteiger charge is -2.23. The molecule has 1 unspecified atom stereocenters. The number of rotatable bonds is 3. The van der Waals surface area contributed by atoms with E-state index in [2.05, 4.69) is 17.1 Å². The van der Waals surface area contributed by atoms with Gasteiger partial charge in [0.15, 0.2) is 5.84 Å². The Bertz CT molecular complexity index is 1170. The predicted molar refractivity (Wildman–Crippen MR) is 126 cm³/mol. The fraction of sp³-hybridized carbons (Fsp3) is 0.0870. The number of amides is 1. The third kappa shape index (κ3) is 3.86. The van der Waals surface area contributed by atoms with E-state index in [9.17, 15) is 4.79 Å². The summed E-state index contributed by atoms with van der Waals surface area (Å²) in [6.07, 6.45) is 2.73. The van der Waals surface area contributed by atoms with Gasteiger partial charge in [0.05, 0.1) is 16.7 Å². The van der Waals surface area contributed by atoms with E-state index in [1.807, 2.05) is 71.1 Å². The van der Waals surface area contributed by atoms with Crippen molar-refractivity contribution in [3.05, 3.63) is 98.0 Å². The molecule has 2 aliphatic rings. The Morgan fingerprint density at radius 1 is 1.03 bits per heavy atom. The number of nitrogens with zero attached hydrogens (tertiary/aromatic N) is 3. The van der Waals surface area contributed by atoms with E-state index in [1.54, 1.807) is 11.3 Å². The smallest absolute Gasteiger partial charge is 0.259 e. The summed E-state index contributed by atoms with van der Waals surface area (Å²) in [6.45, 7) is 0. The summed E-state index contributed by atoms with van der Waals surface area (Å²) >= 11 is 8.88. The van der Waals surface area contributed by atoms with E-state index in [4.69, 9.17) is 16.7 Å². The fourth-order valence-electron chi connectivity index (χ4n) is 3.52. The second kappa shape index (κ2) is 8.22. The Hall–Kier alpha value is -2.67. The Morgan fingerprint density at radius 2 is 1.83 bits per heavy atom. The highest BCUT2D eigenvalue weighted by molar-refractivity contribution is 8.18. The predicted octanol–water partition coefficient (Wildman–Crippen LogP) is 6.86. The van der Waals surface area contributed by atoms with Crippen LogP contribution < -0.4 is 0 Å². The first-order valence-corrected chi connectivity index (χ1v) is 11.5. The maximum atomic E-state index is 12.2. The Kier molecular flexibility index (Phi) is 5.29. The van der Waals surface area contributed by atoms with Crippen LogP contribution in [-0.4, -0.2) is 21.8 Å². The minimum absolute atomic E-state index is 0.0607. The maximum Gasteiger partial charge on any atom is 0.311 e. The van der Waals surface area contributed by atoms with Gasteiger partial charge in [0, 0.05) is 16.3 Å². The van der Waals surface area contributed by atoms with E-state index in [-0.39, 0.29) is 11.3 Å². The zero-order valence-electron chi connectivity index (χ0n) is 15.7. The summed E-state index contributed by atoms with van der Waals surface area (Å²) in [7, 11) is 0. The number of hydrazone groups is 1. The van der Waals surface area contributed by atoms with Crippen LogP contribution in [0.3, 0.4) is 0 Å². The van der Waals surface area contributed by atoms with Gasteiger partial charge in [-0.05, 0) is 52.5 Å². The molecule has 2 aromatic carbocycles. The van der Waals surface area contributed by atoms with Gasteiger partial charge in [-0.25, -0.2) is 5.01 Å². The highest BCUT2D eigenvalue weighted by Gasteiger charge is 2.36. The average Bonchev–Trinajstić information content (AvgIpc) is 3.50. The number of carbonyl (C=O) groups excluding carboxylic acids is 1. The van der Waals surface area contributed by atoms with Gasteiger partial charge in [0.25, 0.3) is 0 Å². The van der Waals surface area contributed by atoms with Crippen LogP contribution in [0.4, 0.5) is 4.79 Å². The summed E-state index contributed by atoms with van der Waals surface area (Å²) in [5.74, 6) is 0.601. The molecule has 4 nitrogen and oxygen atoms in total. The Morgan fingerprint density at radius 3 is 2.57 bits per heavy atom. The lowest BCUT2D eigenvalue weighted by atomic mass is 9.98. The largest absolute Gasteiger partial charge is 0.311 e. The number of amidine groups is 1. The molecule has 7 heteroatoms. The zero-order valence-corrected chi connectivity index (χ0v) is 18.1. The van der Waals surface area contributed by atoms with Crippen LogP contribution in [0, 0.1) is 0 Å². The van der Waals surface area contributed by atoms with Crippen LogP contribution in [0.5, 0.6) is 0 Å². The average molecular weight is 450 g/mol. The molecule has 0 N–H and O–H groups in total. The normalized spacial score (nSPS) is 20.0. The highest BCUT2D eigenvalue weighted by Crippen LogP contribution is 2.40. The number of hydrogen-bond donors (Lipinski definition) is 0. The molecular formula is C23H16ClN3OS2. The summed E-state index contributed by atoms with van der Waals surface area (Å²) in [5, 5.41) is 9.30. The van der Waals surface area contributed by atoms with Crippen LogP contribution in [-0.2, 0) is 0 Å². The molecule has 1 amide bonds. The van der Waals surface area contributed by atoms with Crippen LogP contribution in [0.2, 0.25) is 5.02 Å². The summed E-state index contributed by atoms with van der Waals surface area (Å²) in [6, 6.07) is 21.9. The summed E-state index contributed by atoms with van der Waals surface area (Å²) < 4.78 is 0. The molecule has 5 rings (SSSR count). The van der Waals surface area contributed by atoms with E-state index in [0.717, 1.165) is 44.8 Å². The van der Waals surface area contributed by atoms with Gasteiger partial charge in [0.2, 0.25) is 0 Å². The molecule has 30 heavy (non-hydrogen) atoms. The van der Waals surface area contributed by atoms with Crippen molar-refractivity contribution in [3.63, 3.8) is 0 Å². The number of hydrogen-bond acceptors (Lipinski definition) is 5. The molecule has 0 spiro atoms. The van der Waals surface area contributed by atoms with Gasteiger partial charge in [-0.1, -0.05) is 60.1 Å². The van der Waals surface area contributed by atoms with Crippen LogP contribution in [0.1, 0.15) is 28.5 Å². The first kappa shape index (κ1) is 19.3. The summed E-state index contributed by atoms with van der Waals surface area (Å²) in [5.41, 5.74) is 3.12. The number of aliphatic imine (C=N–C) groups is 1. The Labute approximate surface area is 187 Å². The van der Waals surface area contributed by atoms with Gasteiger partial charge >= 0.3 is 5.24 Å². The second-order valence-electron chi connectivity index (χ2n) is 6.86. The number of thioether (sulfide) groups is 1. The van der Waals surface area contributed by atoms with Crippen molar-refractivity contribution in [3.8, 4) is 0 Å². The number of thiophene rings is 1. The molecule has 0 radical (unpaired) electrons. The third-order valence-electron chi connectivity index (χ3n) is 4.92. The monoisotopic (exact) mass is 449 g/mol. The maximum absolute atomic E-state index is 12.2. The molecule has 3 aromatic rings. The topological polar surface area (TPSA) is 45.0 Å². The molecule has 1 aromatic heterocycles. The molecule has 148 valence electrons. The SMILES string of the molecule is O=C1N=C(N2N=C(c3ccccc3)CC2c2ccc(Cl)cc2)/C(=C/c2cccs2)S1. The van der Waals surface area contributed by atoms with Crippen molar-refractivity contribution in [1.82, 2.24) is 5.01 Å². The minimum atomic E-state index is -0.217.